The predicted molar refractivity (Wildman–Crippen MR) is 40.2 cm³/mol. The number of hydrogen-bond donors (Lipinski definition) is 1. The highest BCUT2D eigenvalue weighted by molar-refractivity contribution is 5.91. The number of β-lactam (4-membered cyclic amide) rings is 1. The Bertz CT molecular complexity index is 264. The molecule has 0 spiro atoms. The summed E-state index contributed by atoms with van der Waals surface area (Å²) in [7, 11) is 0. The minimum atomic E-state index is -4.38. The molecule has 0 aliphatic carbocycles. The van der Waals surface area contributed by atoms with Crippen molar-refractivity contribution in [1.29, 1.82) is 0 Å². The summed E-state index contributed by atoms with van der Waals surface area (Å²) in [6, 6.07) is -0.783. The second-order valence-electron chi connectivity index (χ2n) is 3.09. The van der Waals surface area contributed by atoms with Crippen LogP contribution in [0.4, 0.5) is 13.2 Å². The van der Waals surface area contributed by atoms with Crippen molar-refractivity contribution in [2.45, 2.75) is 19.1 Å². The highest BCUT2D eigenvalue weighted by Gasteiger charge is 2.43. The van der Waals surface area contributed by atoms with E-state index in [0.29, 0.717) is 4.90 Å². The van der Waals surface area contributed by atoms with Gasteiger partial charge in [0.05, 0.1) is 6.54 Å². The average Bonchev–Trinajstić information content (AvgIpc) is 1.99. The maximum Gasteiger partial charge on any atom is 0.406 e. The van der Waals surface area contributed by atoms with Crippen LogP contribution in [0.3, 0.4) is 0 Å². The molecular weight excluding hydrogens is 201 g/mol. The average molecular weight is 210 g/mol. The summed E-state index contributed by atoms with van der Waals surface area (Å²) in [6.07, 6.45) is -4.38. The maximum atomic E-state index is 11.8. The molecule has 1 fully saturated rings. The third kappa shape index (κ3) is 2.61. The second kappa shape index (κ2) is 3.47. The highest BCUT2D eigenvalue weighted by atomic mass is 19.4. The van der Waals surface area contributed by atoms with Crippen LogP contribution in [0.25, 0.3) is 0 Å². The number of halogens is 3. The number of alkyl halides is 3. The summed E-state index contributed by atoms with van der Waals surface area (Å²) in [4.78, 5) is 22.1. The molecular formula is C7H9F3N2O2. The first-order chi connectivity index (χ1) is 6.29. The molecule has 4 nitrogen and oxygen atoms in total. The smallest absolute Gasteiger partial charge is 0.343 e. The van der Waals surface area contributed by atoms with Gasteiger partial charge >= 0.3 is 6.18 Å². The van der Waals surface area contributed by atoms with Gasteiger partial charge in [-0.15, -0.1) is 0 Å². The zero-order chi connectivity index (χ0) is 10.9. The molecule has 0 aromatic carbocycles. The van der Waals surface area contributed by atoms with Crippen molar-refractivity contribution in [3.05, 3.63) is 0 Å². The molecule has 80 valence electrons. The van der Waals surface area contributed by atoms with E-state index in [1.54, 1.807) is 0 Å². The van der Waals surface area contributed by atoms with Crippen LogP contribution in [0.5, 0.6) is 0 Å². The van der Waals surface area contributed by atoms with Gasteiger partial charge < -0.3 is 10.2 Å². The van der Waals surface area contributed by atoms with E-state index in [4.69, 9.17) is 0 Å². The van der Waals surface area contributed by atoms with E-state index in [1.165, 1.54) is 6.92 Å². The summed E-state index contributed by atoms with van der Waals surface area (Å²) in [6.45, 7) is -0.112. The van der Waals surface area contributed by atoms with Crippen molar-refractivity contribution < 1.29 is 22.8 Å². The van der Waals surface area contributed by atoms with Gasteiger partial charge in [0.2, 0.25) is 11.8 Å². The van der Waals surface area contributed by atoms with Gasteiger partial charge in [0.15, 0.2) is 0 Å². The number of rotatable bonds is 2. The van der Waals surface area contributed by atoms with Crippen LogP contribution in [-0.2, 0) is 9.59 Å². The Morgan fingerprint density at radius 3 is 2.57 bits per heavy atom. The molecule has 1 heterocycles. The number of nitrogens with zero attached hydrogens (tertiary/aromatic N) is 1. The lowest BCUT2D eigenvalue weighted by Crippen LogP contribution is -2.65. The topological polar surface area (TPSA) is 49.4 Å². The van der Waals surface area contributed by atoms with E-state index in [9.17, 15) is 22.8 Å². The molecule has 0 bridgehead atoms. The van der Waals surface area contributed by atoms with Crippen LogP contribution in [0.1, 0.15) is 6.92 Å². The van der Waals surface area contributed by atoms with Gasteiger partial charge in [-0.2, -0.15) is 13.2 Å². The van der Waals surface area contributed by atoms with Crippen LogP contribution in [0, 0.1) is 0 Å². The van der Waals surface area contributed by atoms with Crippen molar-refractivity contribution in [3.8, 4) is 0 Å². The Labute approximate surface area is 78.1 Å². The molecule has 1 aliphatic heterocycles. The number of hydrogen-bond acceptors (Lipinski definition) is 2. The maximum absolute atomic E-state index is 11.8. The van der Waals surface area contributed by atoms with Crippen molar-refractivity contribution >= 4 is 11.8 Å². The van der Waals surface area contributed by atoms with E-state index in [1.807, 2.05) is 0 Å². The standard InChI is InChI=1S/C7H9F3N2O2/c1-4(13)11-5-2-12(6(5)14)3-7(8,9)10/h5H,2-3H2,1H3,(H,11,13)/t5-/m1/s1. The molecule has 7 heteroatoms. The Morgan fingerprint density at radius 2 is 2.21 bits per heavy atom. The first-order valence-corrected chi connectivity index (χ1v) is 3.92. The Morgan fingerprint density at radius 1 is 1.64 bits per heavy atom. The number of likely N-dealkylation sites (tertiary alicyclic amines) is 1. The van der Waals surface area contributed by atoms with Gasteiger partial charge in [-0.05, 0) is 0 Å². The third-order valence-corrected chi connectivity index (χ3v) is 1.76. The van der Waals surface area contributed by atoms with Crippen LogP contribution >= 0.6 is 0 Å². The monoisotopic (exact) mass is 210 g/mol. The van der Waals surface area contributed by atoms with Gasteiger partial charge in [-0.25, -0.2) is 0 Å². The summed E-state index contributed by atoms with van der Waals surface area (Å²) in [5, 5.41) is 2.25. The Balaban J connectivity index is 2.37. The van der Waals surface area contributed by atoms with E-state index >= 15 is 0 Å². The number of amides is 2. The van der Waals surface area contributed by atoms with Gasteiger partial charge in [0.1, 0.15) is 12.6 Å². The SMILES string of the molecule is CC(=O)N[C@@H]1CN(CC(F)(F)F)C1=O. The molecule has 0 saturated carbocycles. The largest absolute Gasteiger partial charge is 0.406 e. The fourth-order valence-electron chi connectivity index (χ4n) is 1.21. The molecule has 2 amide bonds. The molecule has 1 rings (SSSR count). The minimum absolute atomic E-state index is 0.0715. The molecule has 0 aromatic rings. The lowest BCUT2D eigenvalue weighted by molar-refractivity contribution is -0.174. The zero-order valence-corrected chi connectivity index (χ0v) is 7.39. The van der Waals surface area contributed by atoms with Crippen molar-refractivity contribution in [2.75, 3.05) is 13.1 Å². The molecule has 1 N–H and O–H groups in total. The van der Waals surface area contributed by atoms with Crippen molar-refractivity contribution in [1.82, 2.24) is 10.2 Å². The Kier molecular flexibility index (Phi) is 2.68. The number of nitrogens with one attached hydrogen (secondary N) is 1. The lowest BCUT2D eigenvalue weighted by Gasteiger charge is -2.38. The Hall–Kier alpha value is -1.27. The molecule has 0 aromatic heterocycles. The zero-order valence-electron chi connectivity index (χ0n) is 7.39. The minimum Gasteiger partial charge on any atom is -0.343 e. The van der Waals surface area contributed by atoms with E-state index in [2.05, 4.69) is 5.32 Å². The highest BCUT2D eigenvalue weighted by Crippen LogP contribution is 2.20. The van der Waals surface area contributed by atoms with Crippen molar-refractivity contribution in [3.63, 3.8) is 0 Å². The molecule has 0 radical (unpaired) electrons. The van der Waals surface area contributed by atoms with Gasteiger partial charge in [0, 0.05) is 6.92 Å². The van der Waals surface area contributed by atoms with E-state index in [-0.39, 0.29) is 6.54 Å². The van der Waals surface area contributed by atoms with Crippen LogP contribution in [0.2, 0.25) is 0 Å². The van der Waals surface area contributed by atoms with E-state index in [0.717, 1.165) is 0 Å². The fourth-order valence-corrected chi connectivity index (χ4v) is 1.21. The summed E-state index contributed by atoms with van der Waals surface area (Å²) >= 11 is 0. The fraction of sp³-hybridized carbons (Fsp3) is 0.714. The summed E-state index contributed by atoms with van der Waals surface area (Å²) < 4.78 is 35.4. The second-order valence-corrected chi connectivity index (χ2v) is 3.09. The quantitative estimate of drug-likeness (QED) is 0.647. The first kappa shape index (κ1) is 10.8. The summed E-state index contributed by atoms with van der Waals surface area (Å²) in [5.74, 6) is -1.10. The molecule has 1 atom stereocenters. The van der Waals surface area contributed by atoms with Gasteiger partial charge in [0.25, 0.3) is 0 Å². The van der Waals surface area contributed by atoms with Crippen molar-refractivity contribution in [2.24, 2.45) is 0 Å². The number of carbonyl (C=O) groups is 2. The summed E-state index contributed by atoms with van der Waals surface area (Å²) in [5.41, 5.74) is 0. The van der Waals surface area contributed by atoms with Crippen LogP contribution in [-0.4, -0.2) is 42.0 Å². The van der Waals surface area contributed by atoms with Gasteiger partial charge in [-0.1, -0.05) is 0 Å². The number of carbonyl (C=O) groups excluding carboxylic acids is 2. The first-order valence-electron chi connectivity index (χ1n) is 3.92. The molecule has 0 unspecified atom stereocenters. The van der Waals surface area contributed by atoms with Crippen LogP contribution < -0.4 is 5.32 Å². The molecule has 14 heavy (non-hydrogen) atoms. The molecule has 1 aliphatic rings. The van der Waals surface area contributed by atoms with E-state index < -0.39 is 30.6 Å². The lowest BCUT2D eigenvalue weighted by atomic mass is 10.1. The predicted octanol–water partition coefficient (Wildman–Crippen LogP) is -0.104. The van der Waals surface area contributed by atoms with Crippen LogP contribution in [0.15, 0.2) is 0 Å². The normalized spacial score (nSPS) is 21.9. The van der Waals surface area contributed by atoms with Gasteiger partial charge in [-0.3, -0.25) is 9.59 Å². The molecule has 1 saturated heterocycles. The third-order valence-electron chi connectivity index (χ3n) is 1.76.